The molecule has 0 aliphatic carbocycles. The predicted octanol–water partition coefficient (Wildman–Crippen LogP) is 3.74. The van der Waals surface area contributed by atoms with Crippen LogP contribution in [-0.2, 0) is 0 Å². The Labute approximate surface area is 118 Å². The Hall–Kier alpha value is -0.730. The maximum absolute atomic E-state index is 12.3. The molecule has 2 nitrogen and oxygen atoms in total. The third kappa shape index (κ3) is 2.99. The van der Waals surface area contributed by atoms with E-state index in [1.807, 2.05) is 30.0 Å². The highest BCUT2D eigenvalue weighted by atomic mass is 35.5. The summed E-state index contributed by atoms with van der Waals surface area (Å²) >= 11 is 12.0. The quantitative estimate of drug-likeness (QED) is 0.758. The number of alkyl halides is 1. The summed E-state index contributed by atoms with van der Waals surface area (Å²) in [6.45, 7) is 3.52. The largest absolute Gasteiger partial charge is 0.339 e. The van der Waals surface area contributed by atoms with Crippen molar-refractivity contribution in [1.82, 2.24) is 4.90 Å². The number of aryl methyl sites for hydroxylation is 1. The molecule has 1 fully saturated rings. The molecule has 0 spiro atoms. The van der Waals surface area contributed by atoms with Crippen LogP contribution in [-0.4, -0.2) is 29.8 Å². The van der Waals surface area contributed by atoms with E-state index in [4.69, 9.17) is 23.2 Å². The van der Waals surface area contributed by atoms with Gasteiger partial charge in [0.25, 0.3) is 5.91 Å². The SMILES string of the molecule is Cc1ccc(C(=O)N2CCC(CCl)CC2)c(Cl)c1. The summed E-state index contributed by atoms with van der Waals surface area (Å²) in [6.07, 6.45) is 1.97. The minimum absolute atomic E-state index is 0.0352. The molecule has 1 saturated heterocycles. The number of likely N-dealkylation sites (tertiary alicyclic amines) is 1. The Kier molecular flexibility index (Phi) is 4.52. The summed E-state index contributed by atoms with van der Waals surface area (Å²) < 4.78 is 0. The molecule has 18 heavy (non-hydrogen) atoms. The van der Waals surface area contributed by atoms with Gasteiger partial charge in [0.2, 0.25) is 0 Å². The highest BCUT2D eigenvalue weighted by Crippen LogP contribution is 2.23. The molecule has 0 N–H and O–H groups in total. The van der Waals surface area contributed by atoms with Crippen molar-refractivity contribution in [3.63, 3.8) is 0 Å². The zero-order valence-corrected chi connectivity index (χ0v) is 12.0. The first-order valence-corrected chi connectivity index (χ1v) is 7.14. The monoisotopic (exact) mass is 285 g/mol. The molecule has 1 aliphatic heterocycles. The fraction of sp³-hybridized carbons (Fsp3) is 0.500. The molecular weight excluding hydrogens is 269 g/mol. The van der Waals surface area contributed by atoms with Crippen LogP contribution in [0.5, 0.6) is 0 Å². The highest BCUT2D eigenvalue weighted by Gasteiger charge is 2.24. The van der Waals surface area contributed by atoms with Crippen LogP contribution in [0.15, 0.2) is 18.2 Å². The van der Waals surface area contributed by atoms with E-state index in [2.05, 4.69) is 0 Å². The average Bonchev–Trinajstić information content (AvgIpc) is 2.38. The summed E-state index contributed by atoms with van der Waals surface area (Å²) in [5.41, 5.74) is 1.67. The minimum Gasteiger partial charge on any atom is -0.339 e. The summed E-state index contributed by atoms with van der Waals surface area (Å²) in [7, 11) is 0. The maximum Gasteiger partial charge on any atom is 0.255 e. The van der Waals surface area contributed by atoms with Gasteiger partial charge in [-0.2, -0.15) is 0 Å². The number of nitrogens with zero attached hydrogens (tertiary/aromatic N) is 1. The van der Waals surface area contributed by atoms with Crippen molar-refractivity contribution < 1.29 is 4.79 Å². The fourth-order valence-electron chi connectivity index (χ4n) is 2.25. The molecular formula is C14H17Cl2NO. The summed E-state index contributed by atoms with van der Waals surface area (Å²) in [5, 5.41) is 0.541. The number of halogens is 2. The number of rotatable bonds is 2. The van der Waals surface area contributed by atoms with Gasteiger partial charge in [-0.15, -0.1) is 11.6 Å². The van der Waals surface area contributed by atoms with Crippen LogP contribution in [0.2, 0.25) is 5.02 Å². The van der Waals surface area contributed by atoms with E-state index in [1.54, 1.807) is 0 Å². The van der Waals surface area contributed by atoms with Gasteiger partial charge in [0.05, 0.1) is 10.6 Å². The van der Waals surface area contributed by atoms with Gasteiger partial charge in [0.15, 0.2) is 0 Å². The molecule has 98 valence electrons. The van der Waals surface area contributed by atoms with Crippen molar-refractivity contribution in [2.45, 2.75) is 19.8 Å². The lowest BCUT2D eigenvalue weighted by atomic mass is 9.98. The van der Waals surface area contributed by atoms with E-state index in [0.717, 1.165) is 31.5 Å². The van der Waals surface area contributed by atoms with Crippen LogP contribution in [0.25, 0.3) is 0 Å². The van der Waals surface area contributed by atoms with Crippen molar-refractivity contribution in [3.8, 4) is 0 Å². The van der Waals surface area contributed by atoms with Crippen LogP contribution in [0.4, 0.5) is 0 Å². The first kappa shape index (κ1) is 13.7. The molecule has 2 rings (SSSR count). The summed E-state index contributed by atoms with van der Waals surface area (Å²) in [6, 6.07) is 5.57. The lowest BCUT2D eigenvalue weighted by Gasteiger charge is -2.31. The van der Waals surface area contributed by atoms with E-state index >= 15 is 0 Å². The molecule has 1 aromatic rings. The third-order valence-electron chi connectivity index (χ3n) is 3.47. The Morgan fingerprint density at radius 1 is 1.39 bits per heavy atom. The fourth-order valence-corrected chi connectivity index (χ4v) is 2.88. The van der Waals surface area contributed by atoms with Crippen LogP contribution in [0.1, 0.15) is 28.8 Å². The Morgan fingerprint density at radius 3 is 2.61 bits per heavy atom. The average molecular weight is 286 g/mol. The van der Waals surface area contributed by atoms with E-state index in [1.165, 1.54) is 0 Å². The van der Waals surface area contributed by atoms with E-state index in [-0.39, 0.29) is 5.91 Å². The van der Waals surface area contributed by atoms with E-state index in [0.29, 0.717) is 22.4 Å². The molecule has 0 atom stereocenters. The number of hydrogen-bond donors (Lipinski definition) is 0. The lowest BCUT2D eigenvalue weighted by molar-refractivity contribution is 0.0698. The third-order valence-corrected chi connectivity index (χ3v) is 4.22. The molecule has 1 heterocycles. The zero-order valence-electron chi connectivity index (χ0n) is 10.5. The van der Waals surface area contributed by atoms with Gasteiger partial charge in [0.1, 0.15) is 0 Å². The van der Waals surface area contributed by atoms with Crippen LogP contribution in [0.3, 0.4) is 0 Å². The van der Waals surface area contributed by atoms with Crippen molar-refractivity contribution in [2.24, 2.45) is 5.92 Å². The normalized spacial score (nSPS) is 16.9. The number of benzene rings is 1. The molecule has 0 aromatic heterocycles. The molecule has 0 unspecified atom stereocenters. The highest BCUT2D eigenvalue weighted by molar-refractivity contribution is 6.33. The second-order valence-corrected chi connectivity index (χ2v) is 5.59. The van der Waals surface area contributed by atoms with E-state index in [9.17, 15) is 4.79 Å². The lowest BCUT2D eigenvalue weighted by Crippen LogP contribution is -2.38. The van der Waals surface area contributed by atoms with Gasteiger partial charge in [-0.3, -0.25) is 4.79 Å². The molecule has 4 heteroatoms. The molecule has 0 saturated carbocycles. The van der Waals surface area contributed by atoms with Crippen molar-refractivity contribution in [3.05, 3.63) is 34.3 Å². The Bertz CT molecular complexity index is 439. The van der Waals surface area contributed by atoms with Crippen molar-refractivity contribution in [2.75, 3.05) is 19.0 Å². The maximum atomic E-state index is 12.3. The zero-order chi connectivity index (χ0) is 13.1. The molecule has 0 radical (unpaired) electrons. The van der Waals surface area contributed by atoms with Crippen LogP contribution >= 0.6 is 23.2 Å². The standard InChI is InChI=1S/C14H17Cl2NO/c1-10-2-3-12(13(16)8-10)14(18)17-6-4-11(9-15)5-7-17/h2-3,8,11H,4-7,9H2,1H3. The second kappa shape index (κ2) is 5.94. The number of piperidine rings is 1. The number of carbonyl (C=O) groups is 1. The minimum atomic E-state index is 0.0352. The topological polar surface area (TPSA) is 20.3 Å². The molecule has 0 bridgehead atoms. The predicted molar refractivity (Wildman–Crippen MR) is 75.5 cm³/mol. The first-order chi connectivity index (χ1) is 8.61. The van der Waals surface area contributed by atoms with Crippen molar-refractivity contribution in [1.29, 1.82) is 0 Å². The summed E-state index contributed by atoms with van der Waals surface area (Å²) in [5.74, 6) is 1.27. The summed E-state index contributed by atoms with van der Waals surface area (Å²) in [4.78, 5) is 14.2. The van der Waals surface area contributed by atoms with Crippen molar-refractivity contribution >= 4 is 29.1 Å². The molecule has 1 aromatic carbocycles. The molecule has 1 aliphatic rings. The Balaban J connectivity index is 2.08. The number of carbonyl (C=O) groups excluding carboxylic acids is 1. The number of amides is 1. The molecule has 1 amide bonds. The van der Waals surface area contributed by atoms with Gasteiger partial charge in [-0.05, 0) is 43.4 Å². The Morgan fingerprint density at radius 2 is 2.06 bits per heavy atom. The van der Waals surface area contributed by atoms with Gasteiger partial charge in [-0.1, -0.05) is 17.7 Å². The smallest absolute Gasteiger partial charge is 0.255 e. The van der Waals surface area contributed by atoms with Crippen LogP contribution in [0, 0.1) is 12.8 Å². The second-order valence-electron chi connectivity index (χ2n) is 4.87. The number of hydrogen-bond acceptors (Lipinski definition) is 1. The van der Waals surface area contributed by atoms with Gasteiger partial charge >= 0.3 is 0 Å². The van der Waals surface area contributed by atoms with Crippen LogP contribution < -0.4 is 0 Å². The van der Waals surface area contributed by atoms with Gasteiger partial charge in [-0.25, -0.2) is 0 Å². The van der Waals surface area contributed by atoms with Gasteiger partial charge in [0, 0.05) is 19.0 Å². The van der Waals surface area contributed by atoms with Gasteiger partial charge < -0.3 is 4.90 Å². The first-order valence-electron chi connectivity index (χ1n) is 6.23. The van der Waals surface area contributed by atoms with E-state index < -0.39 is 0 Å².